The van der Waals surface area contributed by atoms with E-state index in [1.165, 1.54) is 17.8 Å². The molecule has 3 N–H and O–H groups in total. The highest BCUT2D eigenvalue weighted by atomic mass is 32.1. The molecular formula is C15H24N2O3S. The first-order valence-electron chi connectivity index (χ1n) is 7.46. The summed E-state index contributed by atoms with van der Waals surface area (Å²) in [4.78, 5) is 11.7. The molecule has 21 heavy (non-hydrogen) atoms. The number of nitrogens with one attached hydrogen (secondary N) is 2. The van der Waals surface area contributed by atoms with Crippen LogP contribution in [-0.4, -0.2) is 36.9 Å². The van der Waals surface area contributed by atoms with Gasteiger partial charge in [-0.2, -0.15) is 11.3 Å². The molecule has 0 radical (unpaired) electrons. The smallest absolute Gasteiger partial charge is 0.314 e. The summed E-state index contributed by atoms with van der Waals surface area (Å²) < 4.78 is 5.61. The Hall–Kier alpha value is -1.11. The quantitative estimate of drug-likeness (QED) is 0.754. The maximum Gasteiger partial charge on any atom is 0.314 e. The predicted molar refractivity (Wildman–Crippen MR) is 83.5 cm³/mol. The first kappa shape index (κ1) is 16.3. The van der Waals surface area contributed by atoms with E-state index < -0.39 is 5.60 Å². The van der Waals surface area contributed by atoms with E-state index in [2.05, 4.69) is 10.6 Å². The van der Waals surface area contributed by atoms with Gasteiger partial charge >= 0.3 is 6.03 Å². The number of carbonyl (C=O) groups is 1. The Kier molecular flexibility index (Phi) is 6.02. The van der Waals surface area contributed by atoms with Crippen LogP contribution in [0.3, 0.4) is 0 Å². The van der Waals surface area contributed by atoms with Crippen molar-refractivity contribution < 1.29 is 14.6 Å². The van der Waals surface area contributed by atoms with E-state index >= 15 is 0 Å². The Labute approximate surface area is 129 Å². The van der Waals surface area contributed by atoms with Gasteiger partial charge < -0.3 is 20.5 Å². The van der Waals surface area contributed by atoms with Crippen molar-refractivity contribution in [3.8, 4) is 0 Å². The van der Waals surface area contributed by atoms with Gasteiger partial charge in [0.15, 0.2) is 0 Å². The van der Waals surface area contributed by atoms with Crippen LogP contribution in [0.5, 0.6) is 0 Å². The Bertz CT molecular complexity index is 428. The second-order valence-electron chi connectivity index (χ2n) is 5.67. The van der Waals surface area contributed by atoms with Crippen molar-refractivity contribution in [3.63, 3.8) is 0 Å². The lowest BCUT2D eigenvalue weighted by Gasteiger charge is -2.24. The van der Waals surface area contributed by atoms with E-state index in [0.29, 0.717) is 6.54 Å². The topological polar surface area (TPSA) is 70.6 Å². The normalized spacial score (nSPS) is 21.5. The maximum absolute atomic E-state index is 11.7. The monoisotopic (exact) mass is 312 g/mol. The number of carbonyl (C=O) groups excluding carboxylic acids is 1. The van der Waals surface area contributed by atoms with Crippen LogP contribution in [0.4, 0.5) is 4.79 Å². The standard InChI is InChI=1S/C15H24N2O3S/c1-15(19,12-6-9-21-10-12)11-17-14(18)16-7-5-13-4-2-3-8-20-13/h6,9-10,13,19H,2-5,7-8,11H2,1H3,(H2,16,17,18). The summed E-state index contributed by atoms with van der Waals surface area (Å²) in [5.41, 5.74) is -0.215. The molecule has 2 unspecified atom stereocenters. The van der Waals surface area contributed by atoms with Gasteiger partial charge in [0, 0.05) is 13.2 Å². The van der Waals surface area contributed by atoms with E-state index in [-0.39, 0.29) is 18.7 Å². The number of ether oxygens (including phenoxy) is 1. The fraction of sp³-hybridized carbons (Fsp3) is 0.667. The fourth-order valence-corrected chi connectivity index (χ4v) is 3.15. The molecule has 1 aliphatic heterocycles. The number of rotatable bonds is 6. The van der Waals surface area contributed by atoms with Crippen molar-refractivity contribution in [3.05, 3.63) is 22.4 Å². The zero-order valence-electron chi connectivity index (χ0n) is 12.4. The molecule has 1 aliphatic rings. The highest BCUT2D eigenvalue weighted by molar-refractivity contribution is 7.08. The van der Waals surface area contributed by atoms with Gasteiger partial charge in [0.25, 0.3) is 0 Å². The van der Waals surface area contributed by atoms with Crippen LogP contribution in [0.1, 0.15) is 38.2 Å². The van der Waals surface area contributed by atoms with Crippen molar-refractivity contribution in [1.82, 2.24) is 10.6 Å². The molecular weight excluding hydrogens is 288 g/mol. The Morgan fingerprint density at radius 2 is 2.38 bits per heavy atom. The van der Waals surface area contributed by atoms with Crippen molar-refractivity contribution >= 4 is 17.4 Å². The number of hydrogen-bond acceptors (Lipinski definition) is 4. The molecule has 1 fully saturated rings. The Balaban J connectivity index is 1.63. The first-order chi connectivity index (χ1) is 10.1. The molecule has 2 rings (SSSR count). The van der Waals surface area contributed by atoms with Crippen LogP contribution >= 0.6 is 11.3 Å². The van der Waals surface area contributed by atoms with Crippen LogP contribution in [0.2, 0.25) is 0 Å². The number of thiophene rings is 1. The molecule has 118 valence electrons. The molecule has 5 nitrogen and oxygen atoms in total. The first-order valence-corrected chi connectivity index (χ1v) is 8.40. The van der Waals surface area contributed by atoms with Gasteiger partial charge in [-0.15, -0.1) is 0 Å². The van der Waals surface area contributed by atoms with Gasteiger partial charge in [-0.05, 0) is 55.0 Å². The molecule has 0 aromatic carbocycles. The minimum Gasteiger partial charge on any atom is -0.384 e. The van der Waals surface area contributed by atoms with E-state index in [1.54, 1.807) is 6.92 Å². The molecule has 0 aliphatic carbocycles. The summed E-state index contributed by atoms with van der Waals surface area (Å²) in [6.45, 7) is 3.32. The highest BCUT2D eigenvalue weighted by Gasteiger charge is 2.24. The largest absolute Gasteiger partial charge is 0.384 e. The predicted octanol–water partition coefficient (Wildman–Crippen LogP) is 2.21. The zero-order chi connectivity index (χ0) is 15.1. The molecule has 6 heteroatoms. The van der Waals surface area contributed by atoms with Gasteiger partial charge in [-0.25, -0.2) is 4.79 Å². The van der Waals surface area contributed by atoms with Crippen molar-refractivity contribution in [2.24, 2.45) is 0 Å². The van der Waals surface area contributed by atoms with E-state index in [1.807, 2.05) is 16.8 Å². The van der Waals surface area contributed by atoms with Crippen LogP contribution in [0.25, 0.3) is 0 Å². The molecule has 1 saturated heterocycles. The number of amides is 2. The lowest BCUT2D eigenvalue weighted by Crippen LogP contribution is -2.44. The van der Waals surface area contributed by atoms with Crippen molar-refractivity contribution in [2.75, 3.05) is 19.7 Å². The molecule has 0 saturated carbocycles. The fourth-order valence-electron chi connectivity index (χ4n) is 2.37. The average Bonchev–Trinajstić information content (AvgIpc) is 3.01. The van der Waals surface area contributed by atoms with Gasteiger partial charge in [0.05, 0.1) is 12.6 Å². The highest BCUT2D eigenvalue weighted by Crippen LogP contribution is 2.21. The number of urea groups is 1. The van der Waals surface area contributed by atoms with Crippen molar-refractivity contribution in [2.45, 2.75) is 44.3 Å². The molecule has 1 aromatic rings. The summed E-state index contributed by atoms with van der Waals surface area (Å²) in [7, 11) is 0. The molecule has 0 spiro atoms. The zero-order valence-corrected chi connectivity index (χ0v) is 13.2. The average molecular weight is 312 g/mol. The summed E-state index contributed by atoms with van der Waals surface area (Å²) in [6, 6.07) is 1.62. The second-order valence-corrected chi connectivity index (χ2v) is 6.45. The summed E-state index contributed by atoms with van der Waals surface area (Å²) in [5, 5.41) is 19.6. The van der Waals surface area contributed by atoms with E-state index in [9.17, 15) is 9.90 Å². The lowest BCUT2D eigenvalue weighted by atomic mass is 9.99. The van der Waals surface area contributed by atoms with Gasteiger partial charge in [-0.1, -0.05) is 0 Å². The van der Waals surface area contributed by atoms with Crippen LogP contribution in [0.15, 0.2) is 16.8 Å². The maximum atomic E-state index is 11.7. The van der Waals surface area contributed by atoms with Crippen LogP contribution in [0, 0.1) is 0 Å². The third-order valence-corrected chi connectivity index (χ3v) is 4.45. The van der Waals surface area contributed by atoms with Gasteiger partial charge in [-0.3, -0.25) is 0 Å². The van der Waals surface area contributed by atoms with Gasteiger partial charge in [0.1, 0.15) is 5.60 Å². The number of hydrogen-bond donors (Lipinski definition) is 3. The SMILES string of the molecule is CC(O)(CNC(=O)NCCC1CCCCO1)c1ccsc1. The Morgan fingerprint density at radius 3 is 3.05 bits per heavy atom. The summed E-state index contributed by atoms with van der Waals surface area (Å²) >= 11 is 1.53. The van der Waals surface area contributed by atoms with Crippen molar-refractivity contribution in [1.29, 1.82) is 0 Å². The summed E-state index contributed by atoms with van der Waals surface area (Å²) in [6.07, 6.45) is 4.54. The lowest BCUT2D eigenvalue weighted by molar-refractivity contribution is 0.0119. The van der Waals surface area contributed by atoms with Crippen LogP contribution in [-0.2, 0) is 10.3 Å². The molecule has 2 amide bonds. The molecule has 1 aromatic heterocycles. The molecule has 0 bridgehead atoms. The van der Waals surface area contributed by atoms with E-state index in [0.717, 1.165) is 31.4 Å². The number of aliphatic hydroxyl groups is 1. The molecule has 2 atom stereocenters. The minimum atomic E-state index is -1.04. The minimum absolute atomic E-state index is 0.190. The van der Waals surface area contributed by atoms with Gasteiger partial charge in [0.2, 0.25) is 0 Å². The van der Waals surface area contributed by atoms with Crippen LogP contribution < -0.4 is 10.6 Å². The third-order valence-electron chi connectivity index (χ3n) is 3.76. The summed E-state index contributed by atoms with van der Waals surface area (Å²) in [5.74, 6) is 0. The molecule has 2 heterocycles. The van der Waals surface area contributed by atoms with E-state index in [4.69, 9.17) is 4.74 Å². The second kappa shape index (κ2) is 7.77. The Morgan fingerprint density at radius 1 is 1.52 bits per heavy atom. The third kappa shape index (κ3) is 5.30.